The number of fused-ring (bicyclic) bond motifs is 6. The van der Waals surface area contributed by atoms with Crippen LogP contribution in [0.3, 0.4) is 0 Å². The number of aromatic nitrogens is 1. The first kappa shape index (κ1) is 31.8. The Labute approximate surface area is 283 Å². The van der Waals surface area contributed by atoms with E-state index in [0.29, 0.717) is 17.3 Å². The molecule has 0 bridgehead atoms. The highest BCUT2D eigenvalue weighted by molar-refractivity contribution is 5.91. The normalized spacial score (nSPS) is 22.4. The van der Waals surface area contributed by atoms with Gasteiger partial charge in [0.15, 0.2) is 0 Å². The van der Waals surface area contributed by atoms with Crippen molar-refractivity contribution in [3.63, 3.8) is 0 Å². The van der Waals surface area contributed by atoms with Crippen LogP contribution in [0.4, 0.5) is 11.4 Å². The second-order valence-electron chi connectivity index (χ2n) is 16.4. The molecule has 2 heterocycles. The molecule has 4 aromatic rings. The zero-order valence-corrected chi connectivity index (χ0v) is 30.0. The molecule has 0 fully saturated rings. The molecule has 7 rings (SSSR count). The van der Waals surface area contributed by atoms with Crippen molar-refractivity contribution in [2.75, 3.05) is 4.90 Å². The lowest BCUT2D eigenvalue weighted by atomic mass is 9.66. The van der Waals surface area contributed by atoms with Crippen LogP contribution in [0.2, 0.25) is 0 Å². The lowest BCUT2D eigenvalue weighted by molar-refractivity contribution is 0.130. The zero-order valence-electron chi connectivity index (χ0n) is 30.0. The van der Waals surface area contributed by atoms with Gasteiger partial charge in [0, 0.05) is 33.6 Å². The molecule has 3 aromatic carbocycles. The quantitative estimate of drug-likeness (QED) is 0.180. The maximum absolute atomic E-state index is 2.63. The molecular formula is C45H54N2. The van der Waals surface area contributed by atoms with Gasteiger partial charge in [-0.1, -0.05) is 128 Å². The fraction of sp³-hybridized carbons (Fsp3) is 0.422. The first-order valence-electron chi connectivity index (χ1n) is 18.2. The van der Waals surface area contributed by atoms with Gasteiger partial charge < -0.3 is 9.47 Å². The third-order valence-corrected chi connectivity index (χ3v) is 12.4. The molecule has 0 spiro atoms. The monoisotopic (exact) mass is 622 g/mol. The summed E-state index contributed by atoms with van der Waals surface area (Å²) in [5.41, 5.74) is 11.4. The number of rotatable bonds is 9. The van der Waals surface area contributed by atoms with Gasteiger partial charge in [0.05, 0.1) is 11.6 Å². The summed E-state index contributed by atoms with van der Waals surface area (Å²) in [6.45, 7) is 19.5. The maximum Gasteiger partial charge on any atom is 0.0655 e. The summed E-state index contributed by atoms with van der Waals surface area (Å²) in [6, 6.07) is 25.9. The molecule has 3 aliphatic rings. The summed E-state index contributed by atoms with van der Waals surface area (Å²) < 4.78 is 2.57. The summed E-state index contributed by atoms with van der Waals surface area (Å²) in [5, 5.41) is 1.39. The molecule has 0 saturated heterocycles. The molecular weight excluding hydrogens is 569 g/mol. The standard InChI is InChI=1S/C45H54N2/c1-9-43(4,5)30-33(44(6,7)10-2)26-32-27-34(46-38-21-13-11-19-36(38)42-31(3)18-17-23-40(42)46)29-35(28-32)47-39-22-14-12-20-37(39)45(8)25-16-15-24-41(45)47/h11-17,19-25,27-29,31,33,41H,9-10,18,26,30H2,1-8H3. The second kappa shape index (κ2) is 11.7. The van der Waals surface area contributed by atoms with Gasteiger partial charge in [-0.3, -0.25) is 0 Å². The Morgan fingerprint density at radius 1 is 0.894 bits per heavy atom. The van der Waals surface area contributed by atoms with E-state index < -0.39 is 0 Å². The van der Waals surface area contributed by atoms with Gasteiger partial charge in [-0.15, -0.1) is 0 Å². The van der Waals surface area contributed by atoms with E-state index in [-0.39, 0.29) is 16.9 Å². The molecule has 244 valence electrons. The van der Waals surface area contributed by atoms with Crippen LogP contribution in [0.15, 0.2) is 97.1 Å². The van der Waals surface area contributed by atoms with E-state index in [4.69, 9.17) is 0 Å². The van der Waals surface area contributed by atoms with Crippen LogP contribution in [0.5, 0.6) is 0 Å². The van der Waals surface area contributed by atoms with Crippen molar-refractivity contribution in [3.05, 3.63) is 119 Å². The Hall–Kier alpha value is -3.78. The fourth-order valence-electron chi connectivity index (χ4n) is 8.71. The third kappa shape index (κ3) is 5.33. The Kier molecular flexibility index (Phi) is 7.93. The van der Waals surface area contributed by atoms with Gasteiger partial charge in [0.2, 0.25) is 0 Å². The molecule has 2 heteroatoms. The van der Waals surface area contributed by atoms with Crippen LogP contribution in [0.1, 0.15) is 109 Å². The van der Waals surface area contributed by atoms with Gasteiger partial charge in [0.1, 0.15) is 0 Å². The maximum atomic E-state index is 2.63. The molecule has 4 unspecified atom stereocenters. The van der Waals surface area contributed by atoms with Crippen LogP contribution in [-0.4, -0.2) is 10.6 Å². The fourth-order valence-corrected chi connectivity index (χ4v) is 8.71. The zero-order chi connectivity index (χ0) is 33.1. The van der Waals surface area contributed by atoms with Crippen molar-refractivity contribution < 1.29 is 0 Å². The predicted octanol–water partition coefficient (Wildman–Crippen LogP) is 12.5. The van der Waals surface area contributed by atoms with Crippen molar-refractivity contribution in [3.8, 4) is 5.69 Å². The predicted molar refractivity (Wildman–Crippen MR) is 203 cm³/mol. The van der Waals surface area contributed by atoms with Gasteiger partial charge in [0.25, 0.3) is 0 Å². The number of hydrogen-bond donors (Lipinski definition) is 0. The van der Waals surface area contributed by atoms with Crippen molar-refractivity contribution in [2.45, 2.75) is 105 Å². The van der Waals surface area contributed by atoms with Crippen LogP contribution in [-0.2, 0) is 11.8 Å². The lowest BCUT2D eigenvalue weighted by Gasteiger charge is -2.39. The van der Waals surface area contributed by atoms with Crippen LogP contribution < -0.4 is 4.90 Å². The smallest absolute Gasteiger partial charge is 0.0655 e. The SMILES string of the molecule is CCC(C)(C)CC(Cc1cc(N2c3ccccc3C3(C)C=CC=CC23)cc(-n2c3c(c4ccccc42)C(C)CC=C3)c1)C(C)(C)CC. The number of nitrogens with zero attached hydrogens (tertiary/aromatic N) is 2. The van der Waals surface area contributed by atoms with E-state index in [1.807, 2.05) is 0 Å². The molecule has 0 N–H and O–H groups in total. The van der Waals surface area contributed by atoms with Crippen molar-refractivity contribution in [2.24, 2.45) is 16.7 Å². The molecule has 1 aliphatic heterocycles. The lowest BCUT2D eigenvalue weighted by Crippen LogP contribution is -2.39. The minimum atomic E-state index is -0.0725. The average molecular weight is 623 g/mol. The highest BCUT2D eigenvalue weighted by Crippen LogP contribution is 2.52. The number of allylic oxidation sites excluding steroid dienone is 3. The second-order valence-corrected chi connectivity index (χ2v) is 16.4. The summed E-state index contributed by atoms with van der Waals surface area (Å²) in [6.07, 6.45) is 19.8. The number of anilines is 2. The largest absolute Gasteiger partial charge is 0.333 e. The van der Waals surface area contributed by atoms with Gasteiger partial charge in [-0.25, -0.2) is 0 Å². The third-order valence-electron chi connectivity index (χ3n) is 12.4. The highest BCUT2D eigenvalue weighted by Gasteiger charge is 2.46. The number of benzene rings is 3. The molecule has 0 saturated carbocycles. The van der Waals surface area contributed by atoms with E-state index in [1.54, 1.807) is 0 Å². The first-order chi connectivity index (χ1) is 22.5. The molecule has 4 atom stereocenters. The van der Waals surface area contributed by atoms with Crippen molar-refractivity contribution in [1.82, 2.24) is 4.57 Å². The van der Waals surface area contributed by atoms with Crippen LogP contribution >= 0.6 is 0 Å². The summed E-state index contributed by atoms with van der Waals surface area (Å²) in [5.74, 6) is 1.08. The average Bonchev–Trinajstić information content (AvgIpc) is 3.54. The van der Waals surface area contributed by atoms with E-state index in [2.05, 4.69) is 168 Å². The van der Waals surface area contributed by atoms with E-state index in [0.717, 1.165) is 12.8 Å². The topological polar surface area (TPSA) is 8.17 Å². The Balaban J connectivity index is 1.46. The van der Waals surface area contributed by atoms with Crippen LogP contribution in [0, 0.1) is 16.7 Å². The molecule has 0 amide bonds. The molecule has 2 nitrogen and oxygen atoms in total. The molecule has 0 radical (unpaired) electrons. The minimum Gasteiger partial charge on any atom is -0.333 e. The molecule has 1 aromatic heterocycles. The molecule has 2 aliphatic carbocycles. The Morgan fingerprint density at radius 2 is 1.64 bits per heavy atom. The van der Waals surface area contributed by atoms with Crippen molar-refractivity contribution in [1.29, 1.82) is 0 Å². The Morgan fingerprint density at radius 3 is 2.43 bits per heavy atom. The van der Waals surface area contributed by atoms with Crippen LogP contribution in [0.25, 0.3) is 22.7 Å². The van der Waals surface area contributed by atoms with E-state index >= 15 is 0 Å². The van der Waals surface area contributed by atoms with Gasteiger partial charge in [-0.05, 0) is 102 Å². The highest BCUT2D eigenvalue weighted by atomic mass is 15.2. The van der Waals surface area contributed by atoms with E-state index in [9.17, 15) is 0 Å². The summed E-state index contributed by atoms with van der Waals surface area (Å²) >= 11 is 0. The Bertz CT molecular complexity index is 1890. The summed E-state index contributed by atoms with van der Waals surface area (Å²) in [7, 11) is 0. The van der Waals surface area contributed by atoms with Crippen molar-refractivity contribution >= 4 is 28.4 Å². The number of para-hydroxylation sites is 2. The minimum absolute atomic E-state index is 0.0725. The molecule has 47 heavy (non-hydrogen) atoms. The number of hydrogen-bond acceptors (Lipinski definition) is 1. The van der Waals surface area contributed by atoms with Gasteiger partial charge >= 0.3 is 0 Å². The first-order valence-corrected chi connectivity index (χ1v) is 18.2. The summed E-state index contributed by atoms with van der Waals surface area (Å²) in [4.78, 5) is 2.63. The van der Waals surface area contributed by atoms with E-state index in [1.165, 1.54) is 69.6 Å². The van der Waals surface area contributed by atoms with Gasteiger partial charge in [-0.2, -0.15) is 0 Å².